The number of piperazine rings is 1. The number of nitrogens with zero attached hydrogens (tertiary/aromatic N) is 4. The molecule has 0 saturated carbocycles. The smallest absolute Gasteiger partial charge is 0.324 e. The molecule has 164 valence electrons. The van der Waals surface area contributed by atoms with Gasteiger partial charge in [-0.1, -0.05) is 11.3 Å². The molecular formula is C21H23F2N5O2S. The van der Waals surface area contributed by atoms with Crippen LogP contribution >= 0.6 is 11.3 Å². The Labute approximate surface area is 182 Å². The van der Waals surface area contributed by atoms with E-state index in [-0.39, 0.29) is 23.7 Å². The lowest BCUT2D eigenvalue weighted by atomic mass is 10.1. The molecule has 0 aliphatic carbocycles. The highest BCUT2D eigenvalue weighted by Gasteiger charge is 2.30. The zero-order chi connectivity index (χ0) is 22.1. The number of amides is 2. The van der Waals surface area contributed by atoms with Crippen LogP contribution in [0.4, 0.5) is 24.5 Å². The van der Waals surface area contributed by atoms with Crippen molar-refractivity contribution in [3.63, 3.8) is 0 Å². The predicted octanol–water partition coefficient (Wildman–Crippen LogP) is 3.64. The minimum absolute atomic E-state index is 0.182. The number of anilines is 2. The van der Waals surface area contributed by atoms with Crippen LogP contribution in [0.15, 0.2) is 30.5 Å². The number of halogens is 2. The third kappa shape index (κ3) is 4.75. The fourth-order valence-corrected chi connectivity index (χ4v) is 4.60. The van der Waals surface area contributed by atoms with Crippen LogP contribution in [-0.2, 0) is 6.42 Å². The Morgan fingerprint density at radius 2 is 2.16 bits per heavy atom. The Hall–Kier alpha value is -2.85. The number of aromatic nitrogens is 2. The van der Waals surface area contributed by atoms with Gasteiger partial charge in [-0.05, 0) is 50.1 Å². The second-order valence-corrected chi connectivity index (χ2v) is 8.78. The van der Waals surface area contributed by atoms with Gasteiger partial charge in [-0.2, -0.15) is 0 Å². The number of rotatable bonds is 4. The first kappa shape index (κ1) is 21.4. The molecule has 10 heteroatoms. The molecular weight excluding hydrogens is 424 g/mol. The molecule has 7 nitrogen and oxygen atoms in total. The molecule has 3 heterocycles. The van der Waals surface area contributed by atoms with E-state index in [1.807, 2.05) is 11.8 Å². The summed E-state index contributed by atoms with van der Waals surface area (Å²) in [6, 6.07) is 5.21. The first-order chi connectivity index (χ1) is 14.8. The van der Waals surface area contributed by atoms with Crippen LogP contribution < -0.4 is 10.2 Å². The van der Waals surface area contributed by atoms with Gasteiger partial charge in [0.2, 0.25) is 0 Å². The van der Waals surface area contributed by atoms with Gasteiger partial charge in [-0.3, -0.25) is 5.32 Å². The monoisotopic (exact) mass is 447 g/mol. The van der Waals surface area contributed by atoms with Crippen LogP contribution in [0, 0.1) is 11.6 Å². The number of benzene rings is 1. The van der Waals surface area contributed by atoms with Gasteiger partial charge in [0.25, 0.3) is 0 Å². The summed E-state index contributed by atoms with van der Waals surface area (Å²) in [7, 11) is 0. The van der Waals surface area contributed by atoms with Crippen LogP contribution in [-0.4, -0.2) is 57.8 Å². The Morgan fingerprint density at radius 3 is 2.87 bits per heavy atom. The maximum atomic E-state index is 14.6. The van der Waals surface area contributed by atoms with E-state index in [1.54, 1.807) is 24.1 Å². The highest BCUT2D eigenvalue weighted by Crippen LogP contribution is 2.27. The zero-order valence-electron chi connectivity index (χ0n) is 17.2. The Balaban J connectivity index is 1.41. The van der Waals surface area contributed by atoms with Gasteiger partial charge >= 0.3 is 6.03 Å². The van der Waals surface area contributed by atoms with Crippen molar-refractivity contribution in [2.45, 2.75) is 32.4 Å². The summed E-state index contributed by atoms with van der Waals surface area (Å²) >= 11 is 1.21. The SMILES string of the molecule is CC(O)Cc1cnc(N2CCN(C(=O)Nc3nc4ccc(F)cc4s3)C(C)C2)c(F)c1. The maximum Gasteiger partial charge on any atom is 0.324 e. The van der Waals surface area contributed by atoms with E-state index >= 15 is 0 Å². The van der Waals surface area contributed by atoms with E-state index in [0.29, 0.717) is 47.0 Å². The molecule has 0 spiro atoms. The number of hydrogen-bond donors (Lipinski definition) is 2. The number of pyridine rings is 1. The maximum absolute atomic E-state index is 14.6. The number of aliphatic hydroxyl groups excluding tert-OH is 1. The minimum Gasteiger partial charge on any atom is -0.393 e. The van der Waals surface area contributed by atoms with Crippen LogP contribution in [0.25, 0.3) is 10.2 Å². The molecule has 2 amide bonds. The first-order valence-electron chi connectivity index (χ1n) is 10.0. The molecule has 1 aromatic carbocycles. The fourth-order valence-electron chi connectivity index (χ4n) is 3.72. The van der Waals surface area contributed by atoms with E-state index in [4.69, 9.17) is 0 Å². The fraction of sp³-hybridized carbons (Fsp3) is 0.381. The molecule has 3 aromatic rings. The number of urea groups is 1. The molecule has 0 radical (unpaired) electrons. The van der Waals surface area contributed by atoms with E-state index in [1.165, 1.54) is 29.5 Å². The van der Waals surface area contributed by atoms with Gasteiger partial charge in [-0.25, -0.2) is 23.5 Å². The number of carbonyl (C=O) groups is 1. The second kappa shape index (κ2) is 8.72. The average Bonchev–Trinajstić information content (AvgIpc) is 3.08. The lowest BCUT2D eigenvalue weighted by Crippen LogP contribution is -2.55. The van der Waals surface area contributed by atoms with Crippen molar-refractivity contribution < 1.29 is 18.7 Å². The molecule has 1 aliphatic rings. The third-order valence-corrected chi connectivity index (χ3v) is 6.10. The van der Waals surface area contributed by atoms with Crippen molar-refractivity contribution in [3.8, 4) is 0 Å². The van der Waals surface area contributed by atoms with Crippen molar-refractivity contribution in [3.05, 3.63) is 47.7 Å². The summed E-state index contributed by atoms with van der Waals surface area (Å²) in [5, 5.41) is 12.7. The van der Waals surface area contributed by atoms with Crippen LogP contribution in [0.1, 0.15) is 19.4 Å². The molecule has 4 rings (SSSR count). The van der Waals surface area contributed by atoms with Gasteiger partial charge in [0, 0.05) is 31.9 Å². The summed E-state index contributed by atoms with van der Waals surface area (Å²) in [6.45, 7) is 4.78. The van der Waals surface area contributed by atoms with Crippen molar-refractivity contribution in [1.29, 1.82) is 0 Å². The number of aliphatic hydroxyl groups is 1. The van der Waals surface area contributed by atoms with Gasteiger partial charge in [0.05, 0.1) is 16.3 Å². The summed E-state index contributed by atoms with van der Waals surface area (Å²) in [5.41, 5.74) is 1.26. The van der Waals surface area contributed by atoms with Crippen molar-refractivity contribution in [2.24, 2.45) is 0 Å². The standard InChI is InChI=1S/C21H23F2N5O2S/c1-12-11-27(19-16(23)8-14(10-24-19)7-13(2)29)5-6-28(12)21(30)26-20-25-17-4-3-15(22)9-18(17)31-20/h3-4,8-10,12-13,29H,5-7,11H2,1-2H3,(H,25,26,30). The summed E-state index contributed by atoms with van der Waals surface area (Å²) in [4.78, 5) is 24.8. The van der Waals surface area contributed by atoms with Crippen molar-refractivity contribution >= 4 is 38.5 Å². The quantitative estimate of drug-likeness (QED) is 0.638. The van der Waals surface area contributed by atoms with E-state index < -0.39 is 11.9 Å². The predicted molar refractivity (Wildman–Crippen MR) is 117 cm³/mol. The number of carbonyl (C=O) groups excluding carboxylic acids is 1. The lowest BCUT2D eigenvalue weighted by molar-refractivity contribution is 0.184. The highest BCUT2D eigenvalue weighted by molar-refractivity contribution is 7.22. The van der Waals surface area contributed by atoms with Crippen LogP contribution in [0.2, 0.25) is 0 Å². The van der Waals surface area contributed by atoms with Gasteiger partial charge in [0.15, 0.2) is 16.8 Å². The molecule has 2 aromatic heterocycles. The molecule has 2 unspecified atom stereocenters. The second-order valence-electron chi connectivity index (χ2n) is 7.75. The minimum atomic E-state index is -0.566. The number of hydrogen-bond acceptors (Lipinski definition) is 6. The number of nitrogens with one attached hydrogen (secondary N) is 1. The van der Waals surface area contributed by atoms with Crippen LogP contribution in [0.5, 0.6) is 0 Å². The Morgan fingerprint density at radius 1 is 1.35 bits per heavy atom. The van der Waals surface area contributed by atoms with Crippen molar-refractivity contribution in [2.75, 3.05) is 29.9 Å². The molecule has 2 N–H and O–H groups in total. The molecule has 2 atom stereocenters. The van der Waals surface area contributed by atoms with Crippen LogP contribution in [0.3, 0.4) is 0 Å². The lowest BCUT2D eigenvalue weighted by Gasteiger charge is -2.40. The zero-order valence-corrected chi connectivity index (χ0v) is 18.0. The summed E-state index contributed by atoms with van der Waals surface area (Å²) in [5.74, 6) is -0.544. The molecule has 31 heavy (non-hydrogen) atoms. The van der Waals surface area contributed by atoms with Gasteiger partial charge in [-0.15, -0.1) is 0 Å². The highest BCUT2D eigenvalue weighted by atomic mass is 32.1. The van der Waals surface area contributed by atoms with E-state index in [0.717, 1.165) is 0 Å². The number of fused-ring (bicyclic) bond motifs is 1. The van der Waals surface area contributed by atoms with Gasteiger partial charge < -0.3 is 14.9 Å². The number of thiazole rings is 1. The largest absolute Gasteiger partial charge is 0.393 e. The Kier molecular flexibility index (Phi) is 6.01. The summed E-state index contributed by atoms with van der Waals surface area (Å²) in [6.07, 6.45) is 1.35. The topological polar surface area (TPSA) is 81.6 Å². The van der Waals surface area contributed by atoms with E-state index in [2.05, 4.69) is 15.3 Å². The third-order valence-electron chi connectivity index (χ3n) is 5.16. The average molecular weight is 448 g/mol. The van der Waals surface area contributed by atoms with Gasteiger partial charge in [0.1, 0.15) is 5.82 Å². The summed E-state index contributed by atoms with van der Waals surface area (Å²) < 4.78 is 28.6. The molecule has 0 bridgehead atoms. The molecule has 1 fully saturated rings. The van der Waals surface area contributed by atoms with Crippen molar-refractivity contribution in [1.82, 2.24) is 14.9 Å². The molecule has 1 saturated heterocycles. The Bertz CT molecular complexity index is 1110. The molecule has 1 aliphatic heterocycles. The van der Waals surface area contributed by atoms with E-state index in [9.17, 15) is 18.7 Å². The normalized spacial score (nSPS) is 17.8. The first-order valence-corrected chi connectivity index (χ1v) is 10.8.